The lowest BCUT2D eigenvalue weighted by Gasteiger charge is -2.12. The molecule has 0 aliphatic heterocycles. The Labute approximate surface area is 208 Å². The van der Waals surface area contributed by atoms with Crippen LogP contribution in [0, 0.1) is 10.1 Å². The van der Waals surface area contributed by atoms with Crippen LogP contribution in [0.4, 0.5) is 17.1 Å². The number of hydrogen-bond donors (Lipinski definition) is 2. The van der Waals surface area contributed by atoms with Gasteiger partial charge < -0.3 is 4.74 Å². The maximum atomic E-state index is 13.1. The summed E-state index contributed by atoms with van der Waals surface area (Å²) >= 11 is 0. The van der Waals surface area contributed by atoms with E-state index < -0.39 is 14.9 Å². The summed E-state index contributed by atoms with van der Waals surface area (Å²) in [6.45, 7) is 0. The minimum atomic E-state index is -4.18. The second-order valence-corrected chi connectivity index (χ2v) is 9.28. The third-order valence-electron chi connectivity index (χ3n) is 5.22. The van der Waals surface area contributed by atoms with Crippen molar-refractivity contribution in [3.05, 3.63) is 113 Å². The van der Waals surface area contributed by atoms with Gasteiger partial charge in [-0.05, 0) is 47.0 Å². The maximum absolute atomic E-state index is 13.1. The zero-order valence-corrected chi connectivity index (χ0v) is 20.0. The van der Waals surface area contributed by atoms with Crippen molar-refractivity contribution >= 4 is 33.3 Å². The summed E-state index contributed by atoms with van der Waals surface area (Å²) in [6.07, 6.45) is 1.53. The summed E-state index contributed by atoms with van der Waals surface area (Å²) in [5, 5.41) is 15.4. The highest BCUT2D eigenvalue weighted by Gasteiger charge is 2.22. The van der Waals surface area contributed by atoms with E-state index in [0.29, 0.717) is 5.75 Å². The SMILES string of the molecule is COc1ccc(NS(=O)(=O)c2cc([N+](=O)[O-])ccc2N/N=C/c2ccc(-c3ccccc3)cc2)cc1. The van der Waals surface area contributed by atoms with Gasteiger partial charge in [-0.2, -0.15) is 5.10 Å². The van der Waals surface area contributed by atoms with Crippen molar-refractivity contribution < 1.29 is 18.1 Å². The molecule has 0 saturated heterocycles. The molecule has 0 aromatic heterocycles. The predicted molar refractivity (Wildman–Crippen MR) is 140 cm³/mol. The standard InChI is InChI=1S/C26H22N4O5S/c1-35-24-14-11-22(12-15-24)29-36(33,34)26-17-23(30(31)32)13-16-25(26)28-27-18-19-7-9-21(10-8-19)20-5-3-2-4-6-20/h2-18,28-29H,1H3/b27-18+. The molecule has 182 valence electrons. The highest BCUT2D eigenvalue weighted by molar-refractivity contribution is 7.92. The summed E-state index contributed by atoms with van der Waals surface area (Å²) in [6, 6.07) is 27.3. The highest BCUT2D eigenvalue weighted by Crippen LogP contribution is 2.29. The molecular weight excluding hydrogens is 480 g/mol. The van der Waals surface area contributed by atoms with E-state index in [1.165, 1.54) is 37.6 Å². The van der Waals surface area contributed by atoms with Gasteiger partial charge in [0.2, 0.25) is 0 Å². The maximum Gasteiger partial charge on any atom is 0.270 e. The van der Waals surface area contributed by atoms with Gasteiger partial charge >= 0.3 is 0 Å². The first-order valence-corrected chi connectivity index (χ1v) is 12.2. The second-order valence-electron chi connectivity index (χ2n) is 7.63. The fourth-order valence-corrected chi connectivity index (χ4v) is 4.61. The smallest absolute Gasteiger partial charge is 0.270 e. The van der Waals surface area contributed by atoms with E-state index in [4.69, 9.17) is 4.74 Å². The third kappa shape index (κ3) is 5.86. The Bertz CT molecular complexity index is 1490. The molecule has 0 spiro atoms. The molecule has 0 atom stereocenters. The van der Waals surface area contributed by atoms with E-state index in [0.717, 1.165) is 22.8 Å². The van der Waals surface area contributed by atoms with E-state index in [9.17, 15) is 18.5 Å². The van der Waals surface area contributed by atoms with Crippen molar-refractivity contribution in [2.24, 2.45) is 5.10 Å². The molecule has 0 amide bonds. The number of ether oxygens (including phenoxy) is 1. The van der Waals surface area contributed by atoms with Crippen LogP contribution < -0.4 is 14.9 Å². The van der Waals surface area contributed by atoms with Crippen LogP contribution in [0.5, 0.6) is 5.75 Å². The van der Waals surface area contributed by atoms with Crippen molar-refractivity contribution in [3.63, 3.8) is 0 Å². The average molecular weight is 503 g/mol. The van der Waals surface area contributed by atoms with Crippen LogP contribution in [0.2, 0.25) is 0 Å². The van der Waals surface area contributed by atoms with E-state index >= 15 is 0 Å². The third-order valence-corrected chi connectivity index (χ3v) is 6.65. The van der Waals surface area contributed by atoms with Crippen molar-refractivity contribution in [2.75, 3.05) is 17.3 Å². The van der Waals surface area contributed by atoms with Crippen LogP contribution in [0.15, 0.2) is 107 Å². The molecule has 2 N–H and O–H groups in total. The number of nitro groups is 1. The van der Waals surface area contributed by atoms with E-state index in [1.54, 1.807) is 12.1 Å². The molecule has 0 bridgehead atoms. The number of methoxy groups -OCH3 is 1. The fraction of sp³-hybridized carbons (Fsp3) is 0.0385. The lowest BCUT2D eigenvalue weighted by atomic mass is 10.0. The van der Waals surface area contributed by atoms with E-state index in [-0.39, 0.29) is 22.0 Å². The molecular formula is C26H22N4O5S. The van der Waals surface area contributed by atoms with Gasteiger partial charge in [-0.15, -0.1) is 0 Å². The van der Waals surface area contributed by atoms with Crippen LogP contribution in [0.1, 0.15) is 5.56 Å². The predicted octanol–water partition coefficient (Wildman–Crippen LogP) is 5.52. The summed E-state index contributed by atoms with van der Waals surface area (Å²) in [5.41, 5.74) is 5.60. The van der Waals surface area contributed by atoms with Crippen molar-refractivity contribution in [3.8, 4) is 16.9 Å². The zero-order valence-electron chi connectivity index (χ0n) is 19.2. The molecule has 10 heteroatoms. The summed E-state index contributed by atoms with van der Waals surface area (Å²) in [7, 11) is -2.68. The van der Waals surface area contributed by atoms with Crippen LogP contribution >= 0.6 is 0 Å². The minimum Gasteiger partial charge on any atom is -0.497 e. The van der Waals surface area contributed by atoms with Crippen molar-refractivity contribution in [1.82, 2.24) is 0 Å². The largest absolute Gasteiger partial charge is 0.497 e. The van der Waals surface area contributed by atoms with Crippen LogP contribution in [0.25, 0.3) is 11.1 Å². The molecule has 0 aliphatic rings. The molecule has 4 aromatic rings. The number of non-ortho nitro benzene ring substituents is 1. The van der Waals surface area contributed by atoms with Crippen LogP contribution in [-0.4, -0.2) is 26.7 Å². The fourth-order valence-electron chi connectivity index (χ4n) is 3.38. The van der Waals surface area contributed by atoms with Crippen molar-refractivity contribution in [2.45, 2.75) is 4.90 Å². The number of nitrogens with one attached hydrogen (secondary N) is 2. The van der Waals surface area contributed by atoms with E-state index in [2.05, 4.69) is 15.2 Å². The van der Waals surface area contributed by atoms with Gasteiger partial charge in [0.05, 0.1) is 23.9 Å². The first-order valence-electron chi connectivity index (χ1n) is 10.8. The summed E-state index contributed by atoms with van der Waals surface area (Å²) in [5.74, 6) is 0.557. The molecule has 0 unspecified atom stereocenters. The molecule has 0 aliphatic carbocycles. The van der Waals surface area contributed by atoms with Gasteiger partial charge in [0.25, 0.3) is 15.7 Å². The molecule has 4 aromatic carbocycles. The van der Waals surface area contributed by atoms with Gasteiger partial charge in [0.1, 0.15) is 10.6 Å². The summed E-state index contributed by atoms with van der Waals surface area (Å²) in [4.78, 5) is 10.3. The molecule has 36 heavy (non-hydrogen) atoms. The Morgan fingerprint density at radius 2 is 1.56 bits per heavy atom. The molecule has 9 nitrogen and oxygen atoms in total. The lowest BCUT2D eigenvalue weighted by molar-refractivity contribution is -0.385. The molecule has 0 radical (unpaired) electrons. The normalized spacial score (nSPS) is 11.2. The lowest BCUT2D eigenvalue weighted by Crippen LogP contribution is -2.15. The first kappa shape index (κ1) is 24.4. The first-order chi connectivity index (χ1) is 17.4. The monoisotopic (exact) mass is 502 g/mol. The number of sulfonamides is 1. The second kappa shape index (κ2) is 10.7. The van der Waals surface area contributed by atoms with Crippen LogP contribution in [0.3, 0.4) is 0 Å². The molecule has 0 fully saturated rings. The average Bonchev–Trinajstić information content (AvgIpc) is 2.90. The Kier molecular flexibility index (Phi) is 7.26. The van der Waals surface area contributed by atoms with Crippen molar-refractivity contribution in [1.29, 1.82) is 0 Å². The Morgan fingerprint density at radius 3 is 2.19 bits per heavy atom. The molecule has 0 saturated carbocycles. The van der Waals surface area contributed by atoms with Crippen LogP contribution in [-0.2, 0) is 10.0 Å². The van der Waals surface area contributed by atoms with Gasteiger partial charge in [-0.25, -0.2) is 8.42 Å². The topological polar surface area (TPSA) is 123 Å². The summed E-state index contributed by atoms with van der Waals surface area (Å²) < 4.78 is 33.7. The Morgan fingerprint density at radius 1 is 0.889 bits per heavy atom. The number of benzene rings is 4. The molecule has 4 rings (SSSR count). The van der Waals surface area contributed by atoms with Gasteiger partial charge in [-0.1, -0.05) is 54.6 Å². The number of anilines is 2. The zero-order chi connectivity index (χ0) is 25.5. The Hall–Kier alpha value is -4.70. The van der Waals surface area contributed by atoms with Gasteiger partial charge in [0, 0.05) is 17.8 Å². The van der Waals surface area contributed by atoms with Gasteiger partial charge in [-0.3, -0.25) is 20.3 Å². The number of hydrazone groups is 1. The quantitative estimate of drug-likeness (QED) is 0.177. The van der Waals surface area contributed by atoms with E-state index in [1.807, 2.05) is 54.6 Å². The number of nitro benzene ring substituents is 1. The highest BCUT2D eigenvalue weighted by atomic mass is 32.2. The Balaban J connectivity index is 1.56. The van der Waals surface area contributed by atoms with Gasteiger partial charge in [0.15, 0.2) is 0 Å². The number of hydrogen-bond acceptors (Lipinski definition) is 7. The molecule has 0 heterocycles. The number of nitrogens with zero attached hydrogens (tertiary/aromatic N) is 2. The minimum absolute atomic E-state index is 0.0822. The number of rotatable bonds is 9.